The predicted octanol–water partition coefficient (Wildman–Crippen LogP) is 4.41. The van der Waals surface area contributed by atoms with Crippen molar-refractivity contribution >= 4 is 32.9 Å². The molecule has 0 bridgehead atoms. The van der Waals surface area contributed by atoms with Gasteiger partial charge in [-0.05, 0) is 30.5 Å². The van der Waals surface area contributed by atoms with Gasteiger partial charge in [-0.2, -0.15) is 0 Å². The molecule has 3 aromatic heterocycles. The van der Waals surface area contributed by atoms with Gasteiger partial charge in [0.1, 0.15) is 23.0 Å². The summed E-state index contributed by atoms with van der Waals surface area (Å²) in [6, 6.07) is 12.0. The Balaban J connectivity index is 1.48. The van der Waals surface area contributed by atoms with E-state index in [2.05, 4.69) is 16.3 Å². The smallest absolute Gasteiger partial charge is 0.263 e. The second kappa shape index (κ2) is 9.54. The standard InChI is InChI=1S/C24H25N3O3S2/c1-17-4-6-18(7-5-17)30-13-10-27-21(15-26-8-11-29-12-9-26)25-23-22(24(27)28)19(16-32-23)20-3-2-14-31-20/h2-7,14,16H,8-13,15H2,1H3. The van der Waals surface area contributed by atoms with E-state index in [9.17, 15) is 4.79 Å². The zero-order chi connectivity index (χ0) is 21.9. The number of ether oxygens (including phenoxy) is 2. The van der Waals surface area contributed by atoms with Gasteiger partial charge in [0.15, 0.2) is 0 Å². The number of morpholine rings is 1. The van der Waals surface area contributed by atoms with Crippen molar-refractivity contribution in [2.75, 3.05) is 32.9 Å². The van der Waals surface area contributed by atoms with Crippen molar-refractivity contribution in [2.24, 2.45) is 0 Å². The van der Waals surface area contributed by atoms with Crippen LogP contribution >= 0.6 is 22.7 Å². The number of nitrogens with zero attached hydrogens (tertiary/aromatic N) is 3. The fourth-order valence-corrected chi connectivity index (χ4v) is 5.65. The molecular formula is C24H25N3O3S2. The van der Waals surface area contributed by atoms with Crippen LogP contribution < -0.4 is 10.3 Å². The fourth-order valence-electron chi connectivity index (χ4n) is 3.88. The molecule has 1 fully saturated rings. The maximum Gasteiger partial charge on any atom is 0.263 e. The lowest BCUT2D eigenvalue weighted by molar-refractivity contribution is 0.0323. The van der Waals surface area contributed by atoms with Crippen molar-refractivity contribution in [1.82, 2.24) is 14.5 Å². The van der Waals surface area contributed by atoms with Crippen molar-refractivity contribution in [3.05, 3.63) is 68.9 Å². The van der Waals surface area contributed by atoms with Gasteiger partial charge >= 0.3 is 0 Å². The van der Waals surface area contributed by atoms with Crippen molar-refractivity contribution in [3.8, 4) is 16.2 Å². The molecule has 166 valence electrons. The Labute approximate surface area is 194 Å². The zero-order valence-corrected chi connectivity index (χ0v) is 19.6. The largest absolute Gasteiger partial charge is 0.492 e. The molecule has 0 N–H and O–H groups in total. The lowest BCUT2D eigenvalue weighted by Gasteiger charge is -2.27. The highest BCUT2D eigenvalue weighted by Gasteiger charge is 2.20. The van der Waals surface area contributed by atoms with E-state index in [0.29, 0.717) is 38.3 Å². The fraction of sp³-hybridized carbons (Fsp3) is 0.333. The topological polar surface area (TPSA) is 56.6 Å². The Morgan fingerprint density at radius 3 is 2.69 bits per heavy atom. The maximum absolute atomic E-state index is 13.7. The van der Waals surface area contributed by atoms with Gasteiger partial charge in [-0.15, -0.1) is 22.7 Å². The summed E-state index contributed by atoms with van der Waals surface area (Å²) in [4.78, 5) is 22.8. The molecule has 1 saturated heterocycles. The van der Waals surface area contributed by atoms with Gasteiger partial charge in [0, 0.05) is 28.9 Å². The molecule has 32 heavy (non-hydrogen) atoms. The first-order valence-corrected chi connectivity index (χ1v) is 12.5. The number of aromatic nitrogens is 2. The summed E-state index contributed by atoms with van der Waals surface area (Å²) in [5.74, 6) is 1.60. The third kappa shape index (κ3) is 4.49. The highest BCUT2D eigenvalue weighted by molar-refractivity contribution is 7.18. The van der Waals surface area contributed by atoms with Gasteiger partial charge in [0.05, 0.1) is 31.7 Å². The highest BCUT2D eigenvalue weighted by atomic mass is 32.1. The van der Waals surface area contributed by atoms with E-state index in [1.807, 2.05) is 42.6 Å². The van der Waals surface area contributed by atoms with Crippen LogP contribution in [0.1, 0.15) is 11.4 Å². The summed E-state index contributed by atoms with van der Waals surface area (Å²) < 4.78 is 13.2. The van der Waals surface area contributed by atoms with Crippen LogP contribution in [-0.4, -0.2) is 47.4 Å². The molecule has 0 aliphatic carbocycles. The summed E-state index contributed by atoms with van der Waals surface area (Å²) in [7, 11) is 0. The first-order valence-electron chi connectivity index (χ1n) is 10.7. The maximum atomic E-state index is 13.7. The summed E-state index contributed by atoms with van der Waals surface area (Å²) in [6.07, 6.45) is 0. The van der Waals surface area contributed by atoms with E-state index in [1.165, 1.54) is 5.56 Å². The molecule has 0 radical (unpaired) electrons. The minimum absolute atomic E-state index is 0.00964. The number of rotatable bonds is 7. The number of thiophene rings is 2. The van der Waals surface area contributed by atoms with Crippen LogP contribution in [0, 0.1) is 6.92 Å². The SMILES string of the molecule is Cc1ccc(OCCn2c(CN3CCOCC3)nc3scc(-c4cccs4)c3c2=O)cc1. The first-order chi connectivity index (χ1) is 15.7. The number of hydrogen-bond donors (Lipinski definition) is 0. The molecule has 0 atom stereocenters. The molecule has 1 aromatic carbocycles. The molecule has 0 unspecified atom stereocenters. The quantitative estimate of drug-likeness (QED) is 0.403. The van der Waals surface area contributed by atoms with Crippen LogP contribution in [0.2, 0.25) is 0 Å². The van der Waals surface area contributed by atoms with E-state index >= 15 is 0 Å². The predicted molar refractivity (Wildman–Crippen MR) is 130 cm³/mol. The molecule has 0 spiro atoms. The Bertz CT molecular complexity index is 1240. The second-order valence-corrected chi connectivity index (χ2v) is 9.65. The average molecular weight is 468 g/mol. The van der Waals surface area contributed by atoms with Crippen molar-refractivity contribution in [1.29, 1.82) is 0 Å². The summed E-state index contributed by atoms with van der Waals surface area (Å²) in [5.41, 5.74) is 2.17. The van der Waals surface area contributed by atoms with E-state index in [-0.39, 0.29) is 5.56 Å². The first kappa shape index (κ1) is 21.3. The minimum Gasteiger partial charge on any atom is -0.492 e. The van der Waals surface area contributed by atoms with Crippen molar-refractivity contribution < 1.29 is 9.47 Å². The van der Waals surface area contributed by atoms with E-state index in [4.69, 9.17) is 14.5 Å². The number of fused-ring (bicyclic) bond motifs is 1. The number of benzene rings is 1. The van der Waals surface area contributed by atoms with Crippen LogP contribution in [0.4, 0.5) is 0 Å². The normalized spacial score (nSPS) is 14.8. The van der Waals surface area contributed by atoms with Crippen LogP contribution in [0.5, 0.6) is 5.75 Å². The van der Waals surface area contributed by atoms with Gasteiger partial charge in [-0.1, -0.05) is 23.8 Å². The van der Waals surface area contributed by atoms with Crippen LogP contribution in [-0.2, 0) is 17.8 Å². The van der Waals surface area contributed by atoms with Crippen molar-refractivity contribution in [3.63, 3.8) is 0 Å². The zero-order valence-electron chi connectivity index (χ0n) is 18.0. The summed E-state index contributed by atoms with van der Waals surface area (Å²) in [5, 5.41) is 4.79. The van der Waals surface area contributed by atoms with Gasteiger partial charge in [-0.3, -0.25) is 14.3 Å². The van der Waals surface area contributed by atoms with Crippen LogP contribution in [0.3, 0.4) is 0 Å². The average Bonchev–Trinajstić information content (AvgIpc) is 3.48. The van der Waals surface area contributed by atoms with E-state index in [1.54, 1.807) is 27.2 Å². The van der Waals surface area contributed by atoms with Gasteiger partial charge in [-0.25, -0.2) is 4.98 Å². The second-order valence-electron chi connectivity index (χ2n) is 7.84. The Morgan fingerprint density at radius 2 is 1.94 bits per heavy atom. The monoisotopic (exact) mass is 467 g/mol. The molecule has 8 heteroatoms. The Kier molecular flexibility index (Phi) is 6.36. The lowest BCUT2D eigenvalue weighted by Crippen LogP contribution is -2.38. The van der Waals surface area contributed by atoms with E-state index < -0.39 is 0 Å². The number of aryl methyl sites for hydroxylation is 1. The molecule has 0 saturated carbocycles. The Morgan fingerprint density at radius 1 is 1.12 bits per heavy atom. The molecule has 0 amide bonds. The summed E-state index contributed by atoms with van der Waals surface area (Å²) >= 11 is 3.18. The van der Waals surface area contributed by atoms with Crippen LogP contribution in [0.25, 0.3) is 20.7 Å². The van der Waals surface area contributed by atoms with Gasteiger partial charge in [0.25, 0.3) is 5.56 Å². The summed E-state index contributed by atoms with van der Waals surface area (Å²) in [6.45, 7) is 6.66. The van der Waals surface area contributed by atoms with Crippen LogP contribution in [0.15, 0.2) is 52.0 Å². The Hall–Kier alpha value is -2.52. The molecule has 1 aliphatic heterocycles. The lowest BCUT2D eigenvalue weighted by atomic mass is 10.2. The molecule has 1 aliphatic rings. The third-order valence-corrected chi connectivity index (χ3v) is 7.41. The van der Waals surface area contributed by atoms with Crippen molar-refractivity contribution in [2.45, 2.75) is 20.0 Å². The molecule has 4 aromatic rings. The van der Waals surface area contributed by atoms with Gasteiger partial charge in [0.2, 0.25) is 0 Å². The molecule has 6 nitrogen and oxygen atoms in total. The van der Waals surface area contributed by atoms with Gasteiger partial charge < -0.3 is 9.47 Å². The molecular weight excluding hydrogens is 442 g/mol. The highest BCUT2D eigenvalue weighted by Crippen LogP contribution is 2.33. The van der Waals surface area contributed by atoms with E-state index in [0.717, 1.165) is 39.9 Å². The minimum atomic E-state index is 0.00964. The molecule has 5 rings (SSSR count). The third-order valence-electron chi connectivity index (χ3n) is 5.63. The number of hydrogen-bond acceptors (Lipinski definition) is 7. The molecule has 4 heterocycles.